The van der Waals surface area contributed by atoms with Gasteiger partial charge in [0.15, 0.2) is 5.05 Å². The predicted molar refractivity (Wildman–Crippen MR) is 43.7 cm³/mol. The molecule has 0 aliphatic heterocycles. The van der Waals surface area contributed by atoms with E-state index in [1.165, 1.54) is 0 Å². The predicted octanol–water partition coefficient (Wildman–Crippen LogP) is 2.40. The van der Waals surface area contributed by atoms with Gasteiger partial charge in [0.25, 0.3) is 0 Å². The molecule has 0 aromatic heterocycles. The topological polar surface area (TPSA) is 9.23 Å². The number of thiocarbonyl (C=S) groups is 1. The molecule has 1 unspecified atom stereocenters. The quantitative estimate of drug-likeness (QED) is 0.565. The molecule has 0 aromatic rings. The molecular weight excluding hydrogens is 132 g/mol. The normalized spacial score (nSPS) is 12.8. The lowest BCUT2D eigenvalue weighted by Gasteiger charge is -2.09. The number of hydrogen-bond donors (Lipinski definition) is 0. The van der Waals surface area contributed by atoms with E-state index < -0.39 is 0 Å². The Hall–Kier alpha value is -0.110. The SMILES string of the molecule is CCOC(=S)C(C)CC. The summed E-state index contributed by atoms with van der Waals surface area (Å²) in [6, 6.07) is 0. The van der Waals surface area contributed by atoms with Gasteiger partial charge in [-0.1, -0.05) is 13.8 Å². The van der Waals surface area contributed by atoms with Crippen LogP contribution in [0.15, 0.2) is 0 Å². The maximum Gasteiger partial charge on any atom is 0.162 e. The van der Waals surface area contributed by atoms with E-state index in [2.05, 4.69) is 13.8 Å². The number of ether oxygens (including phenoxy) is 1. The number of hydrogen-bond acceptors (Lipinski definition) is 2. The Morgan fingerprint density at radius 3 is 2.44 bits per heavy atom. The molecule has 0 saturated carbocycles. The first-order chi connectivity index (χ1) is 4.22. The van der Waals surface area contributed by atoms with Crippen LogP contribution in [0.4, 0.5) is 0 Å². The van der Waals surface area contributed by atoms with Crippen molar-refractivity contribution in [1.29, 1.82) is 0 Å². The van der Waals surface area contributed by atoms with Crippen LogP contribution in [0.25, 0.3) is 0 Å². The zero-order valence-corrected chi connectivity index (χ0v) is 7.12. The van der Waals surface area contributed by atoms with E-state index in [-0.39, 0.29) is 0 Å². The summed E-state index contributed by atoms with van der Waals surface area (Å²) in [7, 11) is 0. The molecular formula is C7H14OS. The zero-order valence-electron chi connectivity index (χ0n) is 6.31. The van der Waals surface area contributed by atoms with Crippen LogP contribution in [-0.2, 0) is 4.74 Å². The minimum absolute atomic E-state index is 0.431. The monoisotopic (exact) mass is 146 g/mol. The van der Waals surface area contributed by atoms with E-state index in [9.17, 15) is 0 Å². The molecule has 0 aliphatic carbocycles. The Morgan fingerprint density at radius 1 is 1.56 bits per heavy atom. The molecule has 2 heteroatoms. The molecule has 9 heavy (non-hydrogen) atoms. The average Bonchev–Trinajstić information content (AvgIpc) is 1.87. The summed E-state index contributed by atoms with van der Waals surface area (Å²) >= 11 is 4.95. The fourth-order valence-electron chi connectivity index (χ4n) is 0.451. The lowest BCUT2D eigenvalue weighted by atomic mass is 10.1. The van der Waals surface area contributed by atoms with E-state index in [0.717, 1.165) is 11.5 Å². The van der Waals surface area contributed by atoms with Gasteiger partial charge in [0.1, 0.15) is 0 Å². The second-order valence-corrected chi connectivity index (χ2v) is 2.46. The van der Waals surface area contributed by atoms with E-state index in [0.29, 0.717) is 12.5 Å². The minimum atomic E-state index is 0.431. The van der Waals surface area contributed by atoms with Crippen LogP contribution < -0.4 is 0 Å². The van der Waals surface area contributed by atoms with Gasteiger partial charge in [-0.05, 0) is 25.6 Å². The van der Waals surface area contributed by atoms with Crippen molar-refractivity contribution in [2.45, 2.75) is 27.2 Å². The molecule has 0 spiro atoms. The Balaban J connectivity index is 3.46. The van der Waals surface area contributed by atoms with Crippen LogP contribution in [0.5, 0.6) is 0 Å². The van der Waals surface area contributed by atoms with Gasteiger partial charge in [0.2, 0.25) is 0 Å². The molecule has 0 rings (SSSR count). The molecule has 1 atom stereocenters. The molecule has 1 nitrogen and oxygen atoms in total. The van der Waals surface area contributed by atoms with Gasteiger partial charge < -0.3 is 4.74 Å². The van der Waals surface area contributed by atoms with Crippen LogP contribution >= 0.6 is 12.2 Å². The third-order valence-electron chi connectivity index (χ3n) is 1.30. The average molecular weight is 146 g/mol. The Bertz CT molecular complexity index is 90.9. The molecule has 0 amide bonds. The molecule has 0 heterocycles. The van der Waals surface area contributed by atoms with E-state index >= 15 is 0 Å². The summed E-state index contributed by atoms with van der Waals surface area (Å²) in [6.07, 6.45) is 1.07. The molecule has 54 valence electrons. The van der Waals surface area contributed by atoms with Crippen molar-refractivity contribution in [3.05, 3.63) is 0 Å². The molecule has 0 saturated heterocycles. The van der Waals surface area contributed by atoms with Gasteiger partial charge in [-0.15, -0.1) is 0 Å². The Kier molecular flexibility index (Phi) is 4.68. The third-order valence-corrected chi connectivity index (χ3v) is 1.82. The molecule has 0 N–H and O–H groups in total. The summed E-state index contributed by atoms with van der Waals surface area (Å²) in [5, 5.41) is 0.750. The van der Waals surface area contributed by atoms with Gasteiger partial charge in [-0.3, -0.25) is 0 Å². The van der Waals surface area contributed by atoms with E-state index in [4.69, 9.17) is 17.0 Å². The van der Waals surface area contributed by atoms with Crippen molar-refractivity contribution < 1.29 is 4.74 Å². The fraction of sp³-hybridized carbons (Fsp3) is 0.857. The zero-order chi connectivity index (χ0) is 7.28. The third kappa shape index (κ3) is 3.46. The van der Waals surface area contributed by atoms with Gasteiger partial charge in [0, 0.05) is 5.92 Å². The van der Waals surface area contributed by atoms with Crippen molar-refractivity contribution >= 4 is 17.3 Å². The summed E-state index contributed by atoms with van der Waals surface area (Å²) < 4.78 is 5.13. The van der Waals surface area contributed by atoms with E-state index in [1.54, 1.807) is 0 Å². The number of rotatable bonds is 3. The molecule has 0 radical (unpaired) electrons. The highest BCUT2D eigenvalue weighted by Crippen LogP contribution is 2.04. The van der Waals surface area contributed by atoms with Gasteiger partial charge >= 0.3 is 0 Å². The van der Waals surface area contributed by atoms with Crippen LogP contribution in [-0.4, -0.2) is 11.7 Å². The second-order valence-electron chi connectivity index (χ2n) is 2.06. The first-order valence-electron chi connectivity index (χ1n) is 3.39. The lowest BCUT2D eigenvalue weighted by Crippen LogP contribution is -2.10. The second kappa shape index (κ2) is 4.74. The summed E-state index contributed by atoms with van der Waals surface area (Å²) in [5.41, 5.74) is 0. The highest BCUT2D eigenvalue weighted by atomic mass is 32.1. The van der Waals surface area contributed by atoms with Crippen molar-refractivity contribution in [2.75, 3.05) is 6.61 Å². The van der Waals surface area contributed by atoms with Crippen LogP contribution in [0.1, 0.15) is 27.2 Å². The van der Waals surface area contributed by atoms with Crippen LogP contribution in [0.3, 0.4) is 0 Å². The van der Waals surface area contributed by atoms with Crippen molar-refractivity contribution in [3.63, 3.8) is 0 Å². The lowest BCUT2D eigenvalue weighted by molar-refractivity contribution is 0.312. The minimum Gasteiger partial charge on any atom is -0.487 e. The van der Waals surface area contributed by atoms with Gasteiger partial charge in [-0.2, -0.15) is 0 Å². The maximum absolute atomic E-state index is 5.13. The van der Waals surface area contributed by atoms with Gasteiger partial charge in [0.05, 0.1) is 6.61 Å². The Morgan fingerprint density at radius 2 is 2.11 bits per heavy atom. The van der Waals surface area contributed by atoms with Gasteiger partial charge in [-0.25, -0.2) is 0 Å². The highest BCUT2D eigenvalue weighted by molar-refractivity contribution is 7.80. The first kappa shape index (κ1) is 8.89. The molecule has 0 bridgehead atoms. The molecule has 0 aromatic carbocycles. The van der Waals surface area contributed by atoms with Crippen molar-refractivity contribution in [2.24, 2.45) is 5.92 Å². The van der Waals surface area contributed by atoms with Crippen molar-refractivity contribution in [3.8, 4) is 0 Å². The summed E-state index contributed by atoms with van der Waals surface area (Å²) in [5.74, 6) is 0.431. The standard InChI is InChI=1S/C7H14OS/c1-4-6(3)7(9)8-5-2/h6H,4-5H2,1-3H3. The summed E-state index contributed by atoms with van der Waals surface area (Å²) in [4.78, 5) is 0. The fourth-order valence-corrected chi connectivity index (χ4v) is 0.736. The molecule has 0 aliphatic rings. The largest absolute Gasteiger partial charge is 0.487 e. The maximum atomic E-state index is 5.13. The Labute approximate surface area is 62.4 Å². The smallest absolute Gasteiger partial charge is 0.162 e. The van der Waals surface area contributed by atoms with Crippen LogP contribution in [0.2, 0.25) is 0 Å². The van der Waals surface area contributed by atoms with E-state index in [1.807, 2.05) is 6.92 Å². The molecule has 0 fully saturated rings. The first-order valence-corrected chi connectivity index (χ1v) is 3.79. The van der Waals surface area contributed by atoms with Crippen molar-refractivity contribution in [1.82, 2.24) is 0 Å². The summed E-state index contributed by atoms with van der Waals surface area (Å²) in [6.45, 7) is 6.84. The highest BCUT2D eigenvalue weighted by Gasteiger charge is 2.04. The van der Waals surface area contributed by atoms with Crippen LogP contribution in [0, 0.1) is 5.92 Å².